The van der Waals surface area contributed by atoms with Crippen LogP contribution < -0.4 is 10.6 Å². The molecule has 7 nitrogen and oxygen atoms in total. The Hall–Kier alpha value is -1.39. The summed E-state index contributed by atoms with van der Waals surface area (Å²) in [7, 11) is 1.72. The molecule has 0 saturated heterocycles. The number of aromatic nitrogens is 2. The summed E-state index contributed by atoms with van der Waals surface area (Å²) < 4.78 is 10.9. The minimum absolute atomic E-state index is 0. The van der Waals surface area contributed by atoms with E-state index in [1.807, 2.05) is 19.1 Å². The average molecular weight is 522 g/mol. The number of aliphatic imine (C=N–C) groups is 1. The van der Waals surface area contributed by atoms with E-state index in [2.05, 4.69) is 46.5 Å². The van der Waals surface area contributed by atoms with Crippen LogP contribution in [0.3, 0.4) is 0 Å². The summed E-state index contributed by atoms with van der Waals surface area (Å²) in [5.41, 5.74) is 0.830. The van der Waals surface area contributed by atoms with Gasteiger partial charge in [0.05, 0.1) is 6.10 Å². The molecule has 2 rings (SSSR count). The van der Waals surface area contributed by atoms with Crippen molar-refractivity contribution in [3.05, 3.63) is 35.2 Å². The largest absolute Gasteiger partial charge is 0.379 e. The van der Waals surface area contributed by atoms with Crippen molar-refractivity contribution in [2.45, 2.75) is 40.3 Å². The molecule has 1 aromatic heterocycles. The van der Waals surface area contributed by atoms with E-state index in [4.69, 9.17) is 20.9 Å². The van der Waals surface area contributed by atoms with Gasteiger partial charge in [-0.1, -0.05) is 49.7 Å². The molecule has 0 aliphatic rings. The van der Waals surface area contributed by atoms with Gasteiger partial charge in [-0.3, -0.25) is 0 Å². The first-order chi connectivity index (χ1) is 12.8. The molecular formula is C19H29ClIN5O2. The van der Waals surface area contributed by atoms with E-state index in [1.54, 1.807) is 19.2 Å². The van der Waals surface area contributed by atoms with E-state index in [-0.39, 0.29) is 42.0 Å². The van der Waals surface area contributed by atoms with Crippen LogP contribution in [0, 0.1) is 5.41 Å². The maximum absolute atomic E-state index is 6.01. The monoisotopic (exact) mass is 521 g/mol. The maximum atomic E-state index is 6.01. The topological polar surface area (TPSA) is 84.6 Å². The lowest BCUT2D eigenvalue weighted by atomic mass is 9.89. The van der Waals surface area contributed by atoms with E-state index in [1.165, 1.54) is 0 Å². The number of nitrogens with one attached hydrogen (secondary N) is 2. The molecule has 0 aliphatic heterocycles. The standard InChI is InChI=1S/C19H28ClN5O2.HI/c1-6-21-18(22-11-15(26-5)19(2,3)4)23-12-16-24-17(25-27-16)13-8-7-9-14(20)10-13;/h7-10,15H,6,11-12H2,1-5H3,(H2,21,22,23);1H. The number of ether oxygens (including phenoxy) is 1. The van der Waals surface area contributed by atoms with Gasteiger partial charge >= 0.3 is 0 Å². The van der Waals surface area contributed by atoms with Gasteiger partial charge in [-0.25, -0.2) is 4.99 Å². The molecule has 1 atom stereocenters. The Bertz CT molecular complexity index is 761. The van der Waals surface area contributed by atoms with E-state index < -0.39 is 0 Å². The molecule has 2 N–H and O–H groups in total. The molecule has 0 fully saturated rings. The second-order valence-electron chi connectivity index (χ2n) is 7.19. The third-order valence-electron chi connectivity index (χ3n) is 3.97. The molecule has 0 amide bonds. The van der Waals surface area contributed by atoms with Crippen LogP contribution in [0.4, 0.5) is 0 Å². The molecule has 0 saturated carbocycles. The van der Waals surface area contributed by atoms with Crippen molar-refractivity contribution in [3.63, 3.8) is 0 Å². The first kappa shape index (κ1) is 24.6. The van der Waals surface area contributed by atoms with Gasteiger partial charge < -0.3 is 19.9 Å². The van der Waals surface area contributed by atoms with Crippen LogP contribution in [-0.2, 0) is 11.3 Å². The highest BCUT2D eigenvalue weighted by Crippen LogP contribution is 2.21. The van der Waals surface area contributed by atoms with E-state index in [0.717, 1.165) is 12.1 Å². The van der Waals surface area contributed by atoms with Gasteiger partial charge in [-0.05, 0) is 24.5 Å². The first-order valence-electron chi connectivity index (χ1n) is 8.97. The Morgan fingerprint density at radius 3 is 2.68 bits per heavy atom. The zero-order valence-corrected chi connectivity index (χ0v) is 20.0. The molecule has 0 aliphatic carbocycles. The Kier molecular flexibility index (Phi) is 10.2. The van der Waals surface area contributed by atoms with Crippen molar-refractivity contribution in [3.8, 4) is 11.4 Å². The SMILES string of the molecule is CCNC(=NCc1nc(-c2cccc(Cl)c2)no1)NCC(OC)C(C)(C)C.I. The lowest BCUT2D eigenvalue weighted by Crippen LogP contribution is -2.45. The zero-order valence-electron chi connectivity index (χ0n) is 17.0. The molecule has 0 spiro atoms. The van der Waals surface area contributed by atoms with Gasteiger partial charge in [-0.15, -0.1) is 24.0 Å². The molecule has 0 bridgehead atoms. The van der Waals surface area contributed by atoms with E-state index >= 15 is 0 Å². The van der Waals surface area contributed by atoms with Crippen LogP contribution in [0.2, 0.25) is 5.02 Å². The number of nitrogens with zero attached hydrogens (tertiary/aromatic N) is 3. The van der Waals surface area contributed by atoms with Crippen molar-refractivity contribution < 1.29 is 9.26 Å². The second-order valence-corrected chi connectivity index (χ2v) is 7.62. The number of hydrogen-bond donors (Lipinski definition) is 2. The maximum Gasteiger partial charge on any atom is 0.248 e. The van der Waals surface area contributed by atoms with Crippen molar-refractivity contribution in [2.24, 2.45) is 10.4 Å². The summed E-state index contributed by atoms with van der Waals surface area (Å²) in [4.78, 5) is 8.89. The van der Waals surface area contributed by atoms with Crippen LogP contribution in [0.25, 0.3) is 11.4 Å². The Balaban J connectivity index is 0.00000392. The molecule has 9 heteroatoms. The van der Waals surface area contributed by atoms with Crippen LogP contribution in [0.15, 0.2) is 33.8 Å². The van der Waals surface area contributed by atoms with Crippen molar-refractivity contribution in [1.82, 2.24) is 20.8 Å². The Morgan fingerprint density at radius 1 is 1.32 bits per heavy atom. The molecular weight excluding hydrogens is 493 g/mol. The average Bonchev–Trinajstić information content (AvgIpc) is 3.08. The molecule has 1 unspecified atom stereocenters. The van der Waals surface area contributed by atoms with E-state index in [9.17, 15) is 0 Å². The van der Waals surface area contributed by atoms with Crippen molar-refractivity contribution in [1.29, 1.82) is 0 Å². The van der Waals surface area contributed by atoms with Crippen LogP contribution >= 0.6 is 35.6 Å². The van der Waals surface area contributed by atoms with Gasteiger partial charge in [0.15, 0.2) is 5.96 Å². The van der Waals surface area contributed by atoms with Gasteiger partial charge in [0.1, 0.15) is 6.54 Å². The zero-order chi connectivity index (χ0) is 19.9. The number of hydrogen-bond acceptors (Lipinski definition) is 5. The second kappa shape index (κ2) is 11.6. The van der Waals surface area contributed by atoms with Gasteiger partial charge in [0, 0.05) is 30.8 Å². The third-order valence-corrected chi connectivity index (χ3v) is 4.21. The van der Waals surface area contributed by atoms with E-state index in [0.29, 0.717) is 29.2 Å². The highest BCUT2D eigenvalue weighted by molar-refractivity contribution is 14.0. The van der Waals surface area contributed by atoms with Gasteiger partial charge in [0.2, 0.25) is 11.7 Å². The number of benzene rings is 1. The minimum atomic E-state index is 0. The fourth-order valence-electron chi connectivity index (χ4n) is 2.48. The van der Waals surface area contributed by atoms with Crippen molar-refractivity contribution >= 4 is 41.5 Å². The quantitative estimate of drug-likeness (QED) is 0.324. The highest BCUT2D eigenvalue weighted by atomic mass is 127. The highest BCUT2D eigenvalue weighted by Gasteiger charge is 2.24. The van der Waals surface area contributed by atoms with Crippen LogP contribution in [-0.4, -0.2) is 42.4 Å². The molecule has 0 radical (unpaired) electrons. The first-order valence-corrected chi connectivity index (χ1v) is 9.34. The summed E-state index contributed by atoms with van der Waals surface area (Å²) in [5, 5.41) is 11.1. The summed E-state index contributed by atoms with van der Waals surface area (Å²) in [5.74, 6) is 1.60. The molecule has 28 heavy (non-hydrogen) atoms. The van der Waals surface area contributed by atoms with Crippen LogP contribution in [0.1, 0.15) is 33.6 Å². The smallest absolute Gasteiger partial charge is 0.248 e. The summed E-state index contributed by atoms with van der Waals surface area (Å²) in [6.45, 7) is 10.1. The summed E-state index contributed by atoms with van der Waals surface area (Å²) in [6.07, 6.45) is 0.0548. The minimum Gasteiger partial charge on any atom is -0.379 e. The Labute approximate surface area is 188 Å². The van der Waals surface area contributed by atoms with Crippen LogP contribution in [0.5, 0.6) is 0 Å². The lowest BCUT2D eigenvalue weighted by Gasteiger charge is -2.30. The number of methoxy groups -OCH3 is 1. The van der Waals surface area contributed by atoms with Gasteiger partial charge in [0.25, 0.3) is 0 Å². The lowest BCUT2D eigenvalue weighted by molar-refractivity contribution is 0.0205. The fourth-order valence-corrected chi connectivity index (χ4v) is 2.68. The number of rotatable bonds is 7. The van der Waals surface area contributed by atoms with Gasteiger partial charge in [-0.2, -0.15) is 4.98 Å². The fraction of sp³-hybridized carbons (Fsp3) is 0.526. The third kappa shape index (κ3) is 7.56. The molecule has 2 aromatic rings. The molecule has 1 heterocycles. The Morgan fingerprint density at radius 2 is 2.07 bits per heavy atom. The molecule has 156 valence electrons. The summed E-state index contributed by atoms with van der Waals surface area (Å²) in [6, 6.07) is 7.32. The van der Waals surface area contributed by atoms with Crippen molar-refractivity contribution in [2.75, 3.05) is 20.2 Å². The molecule has 1 aromatic carbocycles. The predicted molar refractivity (Wildman–Crippen MR) is 123 cm³/mol. The normalized spacial score (nSPS) is 13.0. The predicted octanol–water partition coefficient (Wildman–Crippen LogP) is 4.12. The number of guanidine groups is 1. The number of halogens is 2. The summed E-state index contributed by atoms with van der Waals surface area (Å²) >= 11 is 6.01.